The zero-order valence-electron chi connectivity index (χ0n) is 18.7. The van der Waals surface area contributed by atoms with Crippen molar-refractivity contribution in [3.05, 3.63) is 64.8 Å². The van der Waals surface area contributed by atoms with E-state index in [2.05, 4.69) is 19.8 Å². The van der Waals surface area contributed by atoms with Gasteiger partial charge in [0, 0.05) is 30.4 Å². The Morgan fingerprint density at radius 2 is 2.17 bits per heavy atom. The molecular weight excluding hydrogens is 477 g/mol. The normalized spacial score (nSPS) is 29.9. The second-order valence-corrected chi connectivity index (χ2v) is 10.4. The molecule has 1 saturated heterocycles. The van der Waals surface area contributed by atoms with Crippen molar-refractivity contribution in [1.82, 2.24) is 14.9 Å². The number of thioether (sulfide) groups is 1. The zero-order chi connectivity index (χ0) is 25.0. The highest BCUT2D eigenvalue weighted by molar-refractivity contribution is 8.15. The van der Waals surface area contributed by atoms with Crippen molar-refractivity contribution >= 4 is 40.4 Å². The summed E-state index contributed by atoms with van der Waals surface area (Å²) in [5.74, 6) is -2.05. The number of nitrogens with zero attached hydrogens (tertiary/aromatic N) is 5. The number of aliphatic imine (C=N–C) groups is 1. The summed E-state index contributed by atoms with van der Waals surface area (Å²) in [4.78, 5) is 30.3. The van der Waals surface area contributed by atoms with Crippen LogP contribution in [0.25, 0.3) is 16.7 Å². The molecule has 4 atom stereocenters. The van der Waals surface area contributed by atoms with Crippen LogP contribution >= 0.6 is 11.8 Å². The number of rotatable bonds is 4. The van der Waals surface area contributed by atoms with Crippen molar-refractivity contribution in [2.45, 2.75) is 36.2 Å². The third-order valence-corrected chi connectivity index (χ3v) is 8.11. The first-order valence-corrected chi connectivity index (χ1v) is 11.8. The molecular formula is C24H21F3N6OS. The number of alkyl halides is 1. The van der Waals surface area contributed by atoms with E-state index in [1.54, 1.807) is 6.92 Å². The lowest BCUT2D eigenvalue weighted by atomic mass is 9.86. The molecule has 180 valence electrons. The van der Waals surface area contributed by atoms with Crippen molar-refractivity contribution in [1.29, 1.82) is 0 Å². The highest BCUT2D eigenvalue weighted by atomic mass is 32.2. The number of carbonyl (C=O) groups is 1. The van der Waals surface area contributed by atoms with E-state index in [1.165, 1.54) is 41.6 Å². The van der Waals surface area contributed by atoms with E-state index in [4.69, 9.17) is 12.3 Å². The molecule has 1 amide bonds. The Hall–Kier alpha value is -3.39. The van der Waals surface area contributed by atoms with E-state index in [1.807, 2.05) is 0 Å². The molecule has 2 fully saturated rings. The van der Waals surface area contributed by atoms with Crippen LogP contribution in [0.2, 0.25) is 0 Å². The number of fused-ring (bicyclic) bond motifs is 1. The number of aromatic nitrogens is 2. The molecule has 2 N–H and O–H groups in total. The van der Waals surface area contributed by atoms with Gasteiger partial charge in [-0.2, -0.15) is 4.39 Å². The van der Waals surface area contributed by atoms with Crippen LogP contribution in [0, 0.1) is 18.4 Å². The molecule has 3 aliphatic rings. The van der Waals surface area contributed by atoms with Crippen molar-refractivity contribution in [2.24, 2.45) is 16.6 Å². The van der Waals surface area contributed by atoms with Gasteiger partial charge in [0.15, 0.2) is 5.17 Å². The lowest BCUT2D eigenvalue weighted by molar-refractivity contribution is -0.131. The molecule has 4 heterocycles. The molecule has 0 radical (unpaired) electrons. The van der Waals surface area contributed by atoms with Gasteiger partial charge in [-0.1, -0.05) is 17.8 Å². The van der Waals surface area contributed by atoms with Crippen molar-refractivity contribution in [2.75, 3.05) is 13.1 Å². The van der Waals surface area contributed by atoms with E-state index in [0.717, 1.165) is 11.8 Å². The van der Waals surface area contributed by atoms with Crippen molar-refractivity contribution < 1.29 is 18.0 Å². The highest BCUT2D eigenvalue weighted by Crippen LogP contribution is 2.66. The van der Waals surface area contributed by atoms with Crippen LogP contribution < -0.4 is 5.73 Å². The second kappa shape index (κ2) is 8.37. The molecule has 5 rings (SSSR count). The first-order valence-electron chi connectivity index (χ1n) is 11.0. The van der Waals surface area contributed by atoms with Crippen LogP contribution in [0.15, 0.2) is 35.6 Å². The molecule has 2 aromatic heterocycles. The van der Waals surface area contributed by atoms with Crippen LogP contribution in [0.3, 0.4) is 0 Å². The SMILES string of the molecule is [C-]#[N+]c1ccc(/C(F)=C/c2cnc(F)c([C@@]3(C)N=C(N)S[C@@]4(C(=O)N5CC[C@@H](F)C5)C[C@H]43)c2)nc1. The number of pyridine rings is 2. The number of amides is 1. The van der Waals surface area contributed by atoms with E-state index in [-0.39, 0.29) is 46.0 Å². The Kier molecular flexibility index (Phi) is 5.59. The summed E-state index contributed by atoms with van der Waals surface area (Å²) in [5.41, 5.74) is 5.59. The lowest BCUT2D eigenvalue weighted by Gasteiger charge is -2.34. The number of hydrogen-bond acceptors (Lipinski definition) is 6. The Labute approximate surface area is 204 Å². The number of nitrogens with two attached hydrogens (primary N) is 1. The van der Waals surface area contributed by atoms with Gasteiger partial charge >= 0.3 is 0 Å². The lowest BCUT2D eigenvalue weighted by Crippen LogP contribution is -2.45. The van der Waals surface area contributed by atoms with Crippen LogP contribution in [-0.2, 0) is 10.3 Å². The number of hydrogen-bond donors (Lipinski definition) is 1. The molecule has 0 spiro atoms. The van der Waals surface area contributed by atoms with Crippen molar-refractivity contribution in [3.63, 3.8) is 0 Å². The van der Waals surface area contributed by atoms with Gasteiger partial charge in [-0.05, 0) is 43.5 Å². The average Bonchev–Trinajstić information content (AvgIpc) is 3.44. The first kappa shape index (κ1) is 23.4. The van der Waals surface area contributed by atoms with Gasteiger partial charge in [-0.25, -0.2) is 18.6 Å². The quantitative estimate of drug-likeness (QED) is 0.503. The third-order valence-electron chi connectivity index (χ3n) is 6.82. The standard InChI is InChI=1S/C24H21F3N6OS/c1-23(19-9-24(19,35-22(28)32-23)21(34)33-6-5-14(25)12-33)16-7-13(10-31-20(16)27)8-17(26)18-4-3-15(29-2)11-30-18/h3-4,7-8,10-11,14,19H,5-6,9,12H2,1H3,(H2,28,32)/b17-8-/t14-,19+,23-,24+/m1/s1. The van der Waals surface area contributed by atoms with Crippen molar-refractivity contribution in [3.8, 4) is 0 Å². The first-order chi connectivity index (χ1) is 16.7. The maximum atomic E-state index is 15.0. The van der Waals surface area contributed by atoms with Crippen LogP contribution in [0.5, 0.6) is 0 Å². The fraction of sp³-hybridized carbons (Fsp3) is 0.375. The summed E-state index contributed by atoms with van der Waals surface area (Å²) in [5, 5.41) is 0.140. The molecule has 11 heteroatoms. The van der Waals surface area contributed by atoms with Gasteiger partial charge in [0.1, 0.15) is 16.7 Å². The molecule has 2 aliphatic heterocycles. The molecule has 1 aliphatic carbocycles. The number of amidine groups is 1. The van der Waals surface area contributed by atoms with Gasteiger partial charge < -0.3 is 10.6 Å². The van der Waals surface area contributed by atoms with Gasteiger partial charge in [0.2, 0.25) is 17.5 Å². The molecule has 35 heavy (non-hydrogen) atoms. The van der Waals surface area contributed by atoms with E-state index in [0.29, 0.717) is 19.4 Å². The summed E-state index contributed by atoms with van der Waals surface area (Å²) < 4.78 is 42.6. The Morgan fingerprint density at radius 1 is 1.37 bits per heavy atom. The fourth-order valence-electron chi connectivity index (χ4n) is 4.94. The minimum Gasteiger partial charge on any atom is -0.378 e. The number of likely N-dealkylation sites (tertiary alicyclic amines) is 1. The van der Waals surface area contributed by atoms with Gasteiger partial charge in [-0.3, -0.25) is 14.8 Å². The van der Waals surface area contributed by atoms with Crippen LogP contribution in [0.4, 0.5) is 18.9 Å². The Bertz CT molecular complexity index is 1310. The average molecular weight is 499 g/mol. The Balaban J connectivity index is 1.47. The molecule has 0 aromatic carbocycles. The van der Waals surface area contributed by atoms with E-state index in [9.17, 15) is 13.6 Å². The summed E-state index contributed by atoms with van der Waals surface area (Å²) in [6, 6.07) is 4.28. The van der Waals surface area contributed by atoms with E-state index >= 15 is 4.39 Å². The van der Waals surface area contributed by atoms with Gasteiger partial charge in [0.05, 0.1) is 24.3 Å². The highest BCUT2D eigenvalue weighted by Gasteiger charge is 2.71. The number of halogens is 3. The predicted octanol–water partition coefficient (Wildman–Crippen LogP) is 4.24. The maximum absolute atomic E-state index is 15.0. The smallest absolute Gasteiger partial charge is 0.239 e. The summed E-state index contributed by atoms with van der Waals surface area (Å²) in [7, 11) is 0. The third kappa shape index (κ3) is 3.95. The van der Waals surface area contributed by atoms with E-state index < -0.39 is 28.2 Å². The second-order valence-electron chi connectivity index (χ2n) is 9.10. The topological polar surface area (TPSA) is 88.8 Å². The zero-order valence-corrected chi connectivity index (χ0v) is 19.5. The largest absolute Gasteiger partial charge is 0.378 e. The van der Waals surface area contributed by atoms with Gasteiger partial charge in [-0.15, -0.1) is 0 Å². The fourth-order valence-corrected chi connectivity index (χ4v) is 6.38. The number of carbonyl (C=O) groups excluding carboxylic acids is 1. The summed E-state index contributed by atoms with van der Waals surface area (Å²) in [6.45, 7) is 9.03. The van der Waals surface area contributed by atoms with Crippen LogP contribution in [-0.4, -0.2) is 50.0 Å². The molecule has 2 aromatic rings. The van der Waals surface area contributed by atoms with Gasteiger partial charge in [0.25, 0.3) is 0 Å². The van der Waals surface area contributed by atoms with Crippen LogP contribution in [0.1, 0.15) is 36.6 Å². The Morgan fingerprint density at radius 3 is 2.83 bits per heavy atom. The summed E-state index contributed by atoms with van der Waals surface area (Å²) in [6.07, 6.45) is 3.28. The maximum Gasteiger partial charge on any atom is 0.239 e. The minimum atomic E-state index is -1.20. The monoisotopic (exact) mass is 498 g/mol. The predicted molar refractivity (Wildman–Crippen MR) is 127 cm³/mol. The molecule has 0 bridgehead atoms. The summed E-state index contributed by atoms with van der Waals surface area (Å²) >= 11 is 1.15. The molecule has 7 nitrogen and oxygen atoms in total. The minimum absolute atomic E-state index is 0.0226. The molecule has 0 unspecified atom stereocenters. The molecule has 1 saturated carbocycles.